The summed E-state index contributed by atoms with van der Waals surface area (Å²) in [5.74, 6) is 0.417. The van der Waals surface area contributed by atoms with Crippen molar-refractivity contribution in [2.24, 2.45) is 11.7 Å². The molecular formula is C9H20N2O. The fourth-order valence-electron chi connectivity index (χ4n) is 0.659. The van der Waals surface area contributed by atoms with Gasteiger partial charge in [-0.05, 0) is 19.3 Å². The number of hydrogen-bond donors (Lipinski definition) is 2. The maximum Gasteiger partial charge on any atom is 0.239 e. The zero-order valence-corrected chi connectivity index (χ0v) is 8.48. The largest absolute Gasteiger partial charge is 0.354 e. The number of nitrogens with one attached hydrogen (secondary N) is 1. The molecule has 0 saturated heterocycles. The van der Waals surface area contributed by atoms with Crippen LogP contribution in [0.5, 0.6) is 0 Å². The predicted molar refractivity (Wildman–Crippen MR) is 50.7 cm³/mol. The second-order valence-corrected chi connectivity index (χ2v) is 3.87. The molecule has 0 aromatic rings. The van der Waals surface area contributed by atoms with Gasteiger partial charge in [0.2, 0.25) is 5.91 Å². The second-order valence-electron chi connectivity index (χ2n) is 3.87. The molecule has 72 valence electrons. The highest BCUT2D eigenvalue weighted by Crippen LogP contribution is 2.04. The number of amides is 1. The van der Waals surface area contributed by atoms with E-state index in [-0.39, 0.29) is 5.91 Å². The van der Waals surface area contributed by atoms with Gasteiger partial charge in [0.15, 0.2) is 0 Å². The quantitative estimate of drug-likeness (QED) is 0.661. The van der Waals surface area contributed by atoms with Crippen molar-refractivity contribution >= 4 is 5.91 Å². The Bertz CT molecular complexity index is 153. The third-order valence-electron chi connectivity index (χ3n) is 1.92. The van der Waals surface area contributed by atoms with Crippen molar-refractivity contribution in [3.8, 4) is 0 Å². The predicted octanol–water partition coefficient (Wildman–Crippen LogP) is 0.886. The van der Waals surface area contributed by atoms with Crippen molar-refractivity contribution in [2.45, 2.75) is 39.7 Å². The average Bonchev–Trinajstić information content (AvgIpc) is 2.00. The molecule has 1 unspecified atom stereocenters. The van der Waals surface area contributed by atoms with Crippen molar-refractivity contribution < 1.29 is 4.79 Å². The number of carbonyl (C=O) groups is 1. The normalized spacial score (nSPS) is 15.8. The summed E-state index contributed by atoms with van der Waals surface area (Å²) in [6, 6.07) is 0. The van der Waals surface area contributed by atoms with Gasteiger partial charge in [0.1, 0.15) is 0 Å². The molecule has 0 rings (SSSR count). The van der Waals surface area contributed by atoms with Gasteiger partial charge in [0.25, 0.3) is 0 Å². The molecule has 0 aliphatic rings. The molecule has 3 nitrogen and oxygen atoms in total. The molecule has 0 aromatic carbocycles. The van der Waals surface area contributed by atoms with E-state index < -0.39 is 5.54 Å². The van der Waals surface area contributed by atoms with Crippen LogP contribution in [0.25, 0.3) is 0 Å². The topological polar surface area (TPSA) is 55.1 Å². The van der Waals surface area contributed by atoms with E-state index in [9.17, 15) is 4.79 Å². The molecule has 0 aliphatic carbocycles. The minimum atomic E-state index is -0.713. The van der Waals surface area contributed by atoms with E-state index in [1.807, 2.05) is 6.92 Å². The molecule has 0 aliphatic heterocycles. The van der Waals surface area contributed by atoms with Crippen LogP contribution >= 0.6 is 0 Å². The first-order chi connectivity index (χ1) is 5.40. The number of rotatable bonds is 4. The van der Waals surface area contributed by atoms with Crippen molar-refractivity contribution in [1.29, 1.82) is 0 Å². The van der Waals surface area contributed by atoms with Crippen LogP contribution in [0.2, 0.25) is 0 Å². The highest BCUT2D eigenvalue weighted by molar-refractivity contribution is 5.85. The highest BCUT2D eigenvalue weighted by atomic mass is 16.2. The summed E-state index contributed by atoms with van der Waals surface area (Å²) in [4.78, 5) is 11.4. The molecule has 0 fully saturated rings. The molecule has 1 amide bonds. The zero-order chi connectivity index (χ0) is 9.78. The Morgan fingerprint density at radius 3 is 2.42 bits per heavy atom. The van der Waals surface area contributed by atoms with Crippen molar-refractivity contribution in [2.75, 3.05) is 6.54 Å². The Morgan fingerprint density at radius 1 is 1.58 bits per heavy atom. The Morgan fingerprint density at radius 2 is 2.08 bits per heavy atom. The van der Waals surface area contributed by atoms with Crippen LogP contribution in [0.1, 0.15) is 34.1 Å². The van der Waals surface area contributed by atoms with Crippen LogP contribution in [0.4, 0.5) is 0 Å². The van der Waals surface area contributed by atoms with Crippen molar-refractivity contribution in [3.63, 3.8) is 0 Å². The van der Waals surface area contributed by atoms with E-state index in [2.05, 4.69) is 19.2 Å². The summed E-state index contributed by atoms with van der Waals surface area (Å²) in [6.45, 7) is 8.48. The molecule has 0 radical (unpaired) electrons. The zero-order valence-electron chi connectivity index (χ0n) is 8.48. The van der Waals surface area contributed by atoms with Crippen LogP contribution in [0.3, 0.4) is 0 Å². The first kappa shape index (κ1) is 11.4. The maximum atomic E-state index is 11.4. The number of hydrogen-bond acceptors (Lipinski definition) is 2. The van der Waals surface area contributed by atoms with E-state index in [1.165, 1.54) is 0 Å². The molecular weight excluding hydrogens is 152 g/mol. The third kappa shape index (κ3) is 3.72. The SMILES string of the molecule is CCC(C)(N)C(=O)NCC(C)C. The first-order valence-corrected chi connectivity index (χ1v) is 4.47. The van der Waals surface area contributed by atoms with E-state index >= 15 is 0 Å². The minimum Gasteiger partial charge on any atom is -0.354 e. The van der Waals surface area contributed by atoms with Gasteiger partial charge in [0, 0.05) is 6.54 Å². The lowest BCUT2D eigenvalue weighted by molar-refractivity contribution is -0.126. The van der Waals surface area contributed by atoms with Gasteiger partial charge in [-0.2, -0.15) is 0 Å². The molecule has 3 heteroatoms. The van der Waals surface area contributed by atoms with Crippen LogP contribution in [0.15, 0.2) is 0 Å². The molecule has 0 heterocycles. The number of carbonyl (C=O) groups excluding carboxylic acids is 1. The van der Waals surface area contributed by atoms with Gasteiger partial charge in [-0.1, -0.05) is 20.8 Å². The van der Waals surface area contributed by atoms with Gasteiger partial charge in [-0.15, -0.1) is 0 Å². The lowest BCUT2D eigenvalue weighted by Crippen LogP contribution is -2.51. The summed E-state index contributed by atoms with van der Waals surface area (Å²) in [5, 5.41) is 2.81. The van der Waals surface area contributed by atoms with Crippen molar-refractivity contribution in [1.82, 2.24) is 5.32 Å². The Kier molecular flexibility index (Phi) is 4.24. The fraction of sp³-hybridized carbons (Fsp3) is 0.889. The van der Waals surface area contributed by atoms with Crippen molar-refractivity contribution in [3.05, 3.63) is 0 Å². The van der Waals surface area contributed by atoms with Crippen LogP contribution in [-0.2, 0) is 4.79 Å². The van der Waals surface area contributed by atoms with E-state index in [0.717, 1.165) is 0 Å². The maximum absolute atomic E-state index is 11.4. The molecule has 0 aromatic heterocycles. The summed E-state index contributed by atoms with van der Waals surface area (Å²) in [6.07, 6.45) is 0.664. The Balaban J connectivity index is 3.88. The molecule has 0 saturated carbocycles. The molecule has 0 bridgehead atoms. The van der Waals surface area contributed by atoms with E-state index in [0.29, 0.717) is 18.9 Å². The van der Waals surface area contributed by atoms with E-state index in [4.69, 9.17) is 5.73 Å². The molecule has 3 N–H and O–H groups in total. The summed E-state index contributed by atoms with van der Waals surface area (Å²) >= 11 is 0. The summed E-state index contributed by atoms with van der Waals surface area (Å²) in [5.41, 5.74) is 5.02. The van der Waals surface area contributed by atoms with Gasteiger partial charge in [0.05, 0.1) is 5.54 Å². The molecule has 12 heavy (non-hydrogen) atoms. The standard InChI is InChI=1S/C9H20N2O/c1-5-9(4,10)8(12)11-6-7(2)3/h7H,5-6,10H2,1-4H3,(H,11,12). The lowest BCUT2D eigenvalue weighted by atomic mass is 9.99. The third-order valence-corrected chi connectivity index (χ3v) is 1.92. The van der Waals surface area contributed by atoms with Crippen LogP contribution in [0, 0.1) is 5.92 Å². The first-order valence-electron chi connectivity index (χ1n) is 4.47. The van der Waals surface area contributed by atoms with Gasteiger partial charge < -0.3 is 11.1 Å². The van der Waals surface area contributed by atoms with Crippen LogP contribution in [-0.4, -0.2) is 18.0 Å². The average molecular weight is 172 g/mol. The fourth-order valence-corrected chi connectivity index (χ4v) is 0.659. The summed E-state index contributed by atoms with van der Waals surface area (Å²) < 4.78 is 0. The smallest absolute Gasteiger partial charge is 0.239 e. The second kappa shape index (κ2) is 4.45. The molecule has 0 spiro atoms. The minimum absolute atomic E-state index is 0.0568. The monoisotopic (exact) mass is 172 g/mol. The van der Waals surface area contributed by atoms with Gasteiger partial charge in [-0.3, -0.25) is 4.79 Å². The van der Waals surface area contributed by atoms with Gasteiger partial charge >= 0.3 is 0 Å². The van der Waals surface area contributed by atoms with Crippen LogP contribution < -0.4 is 11.1 Å². The summed E-state index contributed by atoms with van der Waals surface area (Å²) in [7, 11) is 0. The van der Waals surface area contributed by atoms with E-state index in [1.54, 1.807) is 6.92 Å². The van der Waals surface area contributed by atoms with Gasteiger partial charge in [-0.25, -0.2) is 0 Å². The molecule has 1 atom stereocenters. The lowest BCUT2D eigenvalue weighted by Gasteiger charge is -2.22. The Labute approximate surface area is 74.7 Å². The Hall–Kier alpha value is -0.570. The highest BCUT2D eigenvalue weighted by Gasteiger charge is 2.25. The number of nitrogens with two attached hydrogens (primary N) is 1.